The van der Waals surface area contributed by atoms with Gasteiger partial charge in [-0.25, -0.2) is 9.07 Å². The number of benzene rings is 1. The molecule has 0 aliphatic carbocycles. The van der Waals surface area contributed by atoms with Crippen molar-refractivity contribution < 1.29 is 9.13 Å². The van der Waals surface area contributed by atoms with Crippen LogP contribution in [0, 0.1) is 12.7 Å². The molecule has 2 rings (SSSR count). The number of aromatic nitrogens is 2. The third-order valence-corrected chi connectivity index (χ3v) is 3.05. The maximum Gasteiger partial charge on any atom is 0.222 e. The number of nitrogens with one attached hydrogen (secondary N) is 1. The number of aryl methyl sites for hydroxylation is 2. The average Bonchev–Trinajstić information content (AvgIpc) is 2.61. The van der Waals surface area contributed by atoms with Crippen LogP contribution in [-0.4, -0.2) is 16.8 Å². The molecule has 0 atom stereocenters. The Hall–Kier alpha value is -1.59. The van der Waals surface area contributed by atoms with Gasteiger partial charge in [-0.05, 0) is 26.1 Å². The molecule has 0 fully saturated rings. The molecule has 0 amide bonds. The van der Waals surface area contributed by atoms with Gasteiger partial charge in [0.2, 0.25) is 5.88 Å². The van der Waals surface area contributed by atoms with Gasteiger partial charge in [0.1, 0.15) is 11.6 Å². The van der Waals surface area contributed by atoms with Gasteiger partial charge in [-0.1, -0.05) is 11.6 Å². The highest BCUT2D eigenvalue weighted by Crippen LogP contribution is 2.29. The van der Waals surface area contributed by atoms with Crippen LogP contribution >= 0.6 is 11.6 Å². The molecule has 1 heterocycles. The molecule has 0 spiro atoms. The number of ether oxygens (including phenoxy) is 1. The molecule has 1 aromatic carbocycles. The van der Waals surface area contributed by atoms with Crippen molar-refractivity contribution in [2.45, 2.75) is 13.5 Å². The molecule has 1 aromatic heterocycles. The van der Waals surface area contributed by atoms with Crippen LogP contribution in [0.5, 0.6) is 11.6 Å². The number of halogens is 2. The Kier molecular flexibility index (Phi) is 4.07. The molecule has 102 valence electrons. The van der Waals surface area contributed by atoms with Gasteiger partial charge < -0.3 is 10.1 Å². The molecule has 2 aromatic rings. The SMILES string of the molecule is CNCc1c(C)nn(C)c1Oc1ccc(Cl)c(F)c1. The van der Waals surface area contributed by atoms with E-state index in [1.54, 1.807) is 17.8 Å². The van der Waals surface area contributed by atoms with Crippen molar-refractivity contribution in [2.75, 3.05) is 7.05 Å². The van der Waals surface area contributed by atoms with Gasteiger partial charge in [-0.3, -0.25) is 0 Å². The lowest BCUT2D eigenvalue weighted by molar-refractivity contribution is 0.421. The minimum atomic E-state index is -0.506. The van der Waals surface area contributed by atoms with Gasteiger partial charge in [0.15, 0.2) is 0 Å². The lowest BCUT2D eigenvalue weighted by Gasteiger charge is -2.09. The van der Waals surface area contributed by atoms with Crippen molar-refractivity contribution in [2.24, 2.45) is 7.05 Å². The summed E-state index contributed by atoms with van der Waals surface area (Å²) in [4.78, 5) is 0. The monoisotopic (exact) mass is 283 g/mol. The van der Waals surface area contributed by atoms with Gasteiger partial charge in [0, 0.05) is 19.7 Å². The quantitative estimate of drug-likeness (QED) is 0.937. The summed E-state index contributed by atoms with van der Waals surface area (Å²) in [5, 5.41) is 7.43. The van der Waals surface area contributed by atoms with Gasteiger partial charge in [-0.15, -0.1) is 0 Å². The minimum Gasteiger partial charge on any atom is -0.439 e. The highest BCUT2D eigenvalue weighted by molar-refractivity contribution is 6.30. The Balaban J connectivity index is 2.34. The van der Waals surface area contributed by atoms with Crippen LogP contribution < -0.4 is 10.1 Å². The summed E-state index contributed by atoms with van der Waals surface area (Å²) in [5.74, 6) is 0.476. The van der Waals surface area contributed by atoms with Crippen LogP contribution in [-0.2, 0) is 13.6 Å². The second kappa shape index (κ2) is 5.59. The highest BCUT2D eigenvalue weighted by atomic mass is 35.5. The second-order valence-corrected chi connectivity index (χ2v) is 4.61. The molecule has 4 nitrogen and oxygen atoms in total. The van der Waals surface area contributed by atoms with Crippen molar-refractivity contribution in [3.63, 3.8) is 0 Å². The average molecular weight is 284 g/mol. The lowest BCUT2D eigenvalue weighted by Crippen LogP contribution is -2.07. The molecule has 0 saturated carbocycles. The molecule has 0 aliphatic heterocycles. The summed E-state index contributed by atoms with van der Waals surface area (Å²) in [6.45, 7) is 2.53. The topological polar surface area (TPSA) is 39.1 Å². The Morgan fingerprint density at radius 1 is 1.47 bits per heavy atom. The maximum atomic E-state index is 13.4. The van der Waals surface area contributed by atoms with Crippen molar-refractivity contribution in [1.82, 2.24) is 15.1 Å². The number of hydrogen-bond acceptors (Lipinski definition) is 3. The zero-order valence-electron chi connectivity index (χ0n) is 11.0. The fourth-order valence-electron chi connectivity index (χ4n) is 1.84. The predicted molar refractivity (Wildman–Crippen MR) is 72.2 cm³/mol. The maximum absolute atomic E-state index is 13.4. The molecule has 0 saturated heterocycles. The second-order valence-electron chi connectivity index (χ2n) is 4.20. The van der Waals surface area contributed by atoms with E-state index in [-0.39, 0.29) is 5.02 Å². The Morgan fingerprint density at radius 2 is 2.21 bits per heavy atom. The highest BCUT2D eigenvalue weighted by Gasteiger charge is 2.15. The van der Waals surface area contributed by atoms with Gasteiger partial charge in [-0.2, -0.15) is 5.10 Å². The van der Waals surface area contributed by atoms with E-state index in [1.807, 2.05) is 14.0 Å². The Morgan fingerprint density at radius 3 is 2.84 bits per heavy atom. The van der Waals surface area contributed by atoms with Crippen LogP contribution in [0.15, 0.2) is 18.2 Å². The molecule has 0 bridgehead atoms. The summed E-state index contributed by atoms with van der Waals surface area (Å²) in [5.41, 5.74) is 1.82. The van der Waals surface area contributed by atoms with Gasteiger partial charge >= 0.3 is 0 Å². The number of hydrogen-bond donors (Lipinski definition) is 1. The summed E-state index contributed by atoms with van der Waals surface area (Å²) in [6, 6.07) is 4.35. The van der Waals surface area contributed by atoms with Crippen LogP contribution in [0.1, 0.15) is 11.3 Å². The van der Waals surface area contributed by atoms with E-state index in [2.05, 4.69) is 10.4 Å². The van der Waals surface area contributed by atoms with E-state index in [0.29, 0.717) is 18.2 Å². The molecule has 19 heavy (non-hydrogen) atoms. The first-order valence-electron chi connectivity index (χ1n) is 5.83. The first-order chi connectivity index (χ1) is 9.02. The van der Waals surface area contributed by atoms with Crippen molar-refractivity contribution in [3.05, 3.63) is 40.3 Å². The van der Waals surface area contributed by atoms with E-state index in [4.69, 9.17) is 16.3 Å². The van der Waals surface area contributed by atoms with E-state index in [0.717, 1.165) is 11.3 Å². The van der Waals surface area contributed by atoms with Crippen molar-refractivity contribution in [3.8, 4) is 11.6 Å². The first-order valence-corrected chi connectivity index (χ1v) is 6.20. The largest absolute Gasteiger partial charge is 0.439 e. The first kappa shape index (κ1) is 13.8. The number of nitrogens with zero attached hydrogens (tertiary/aromatic N) is 2. The van der Waals surface area contributed by atoms with Crippen LogP contribution in [0.4, 0.5) is 4.39 Å². The molecule has 1 N–H and O–H groups in total. The van der Waals surface area contributed by atoms with E-state index in [9.17, 15) is 4.39 Å². The fourth-order valence-corrected chi connectivity index (χ4v) is 1.96. The van der Waals surface area contributed by atoms with E-state index >= 15 is 0 Å². The van der Waals surface area contributed by atoms with E-state index in [1.165, 1.54) is 12.1 Å². The van der Waals surface area contributed by atoms with Gasteiger partial charge in [0.25, 0.3) is 0 Å². The summed E-state index contributed by atoms with van der Waals surface area (Å²) < 4.78 is 20.7. The molecule has 0 aliphatic rings. The molecule has 0 unspecified atom stereocenters. The molecular weight excluding hydrogens is 269 g/mol. The van der Waals surface area contributed by atoms with Crippen molar-refractivity contribution in [1.29, 1.82) is 0 Å². The van der Waals surface area contributed by atoms with Crippen LogP contribution in [0.3, 0.4) is 0 Å². The molecular formula is C13H15ClFN3O. The zero-order chi connectivity index (χ0) is 14.0. The molecule has 6 heteroatoms. The third-order valence-electron chi connectivity index (χ3n) is 2.75. The van der Waals surface area contributed by atoms with Gasteiger partial charge in [0.05, 0.1) is 16.3 Å². The third kappa shape index (κ3) is 2.88. The van der Waals surface area contributed by atoms with E-state index < -0.39 is 5.82 Å². The smallest absolute Gasteiger partial charge is 0.222 e. The van der Waals surface area contributed by atoms with Crippen LogP contribution in [0.25, 0.3) is 0 Å². The summed E-state index contributed by atoms with van der Waals surface area (Å²) in [6.07, 6.45) is 0. The lowest BCUT2D eigenvalue weighted by atomic mass is 10.2. The normalized spacial score (nSPS) is 10.8. The standard InChI is InChI=1S/C13H15ClFN3O/c1-8-10(7-16-2)13(18(3)17-8)19-9-4-5-11(14)12(15)6-9/h4-6,16H,7H2,1-3H3. The Labute approximate surface area is 116 Å². The molecule has 0 radical (unpaired) electrons. The predicted octanol–water partition coefficient (Wildman–Crippen LogP) is 3.03. The Bertz CT molecular complexity index is 598. The zero-order valence-corrected chi connectivity index (χ0v) is 11.8. The fraction of sp³-hybridized carbons (Fsp3) is 0.308. The van der Waals surface area contributed by atoms with Crippen molar-refractivity contribution >= 4 is 11.6 Å². The number of rotatable bonds is 4. The minimum absolute atomic E-state index is 0.0731. The summed E-state index contributed by atoms with van der Waals surface area (Å²) in [7, 11) is 3.63. The summed E-state index contributed by atoms with van der Waals surface area (Å²) >= 11 is 5.64. The van der Waals surface area contributed by atoms with Crippen LogP contribution in [0.2, 0.25) is 5.02 Å².